The number of halogens is 2. The smallest absolute Gasteiger partial charge is 0.252 e. The fourth-order valence-corrected chi connectivity index (χ4v) is 2.92. The first kappa shape index (κ1) is 19.6. The van der Waals surface area contributed by atoms with Crippen molar-refractivity contribution in [3.63, 3.8) is 0 Å². The molecule has 0 heterocycles. The van der Waals surface area contributed by atoms with Crippen LogP contribution in [-0.4, -0.2) is 45.5 Å². The standard InChI is InChI=1S/C19H23Cl2N3O/c1-23(2)15-8-5-13(6-9-15)18(24(3)4)12-22-19(25)16-11-14(20)7-10-17(16)21/h5-11,18H,12H2,1-4H3,(H,22,25). The molecule has 1 atom stereocenters. The molecule has 0 aliphatic carbocycles. The van der Waals surface area contributed by atoms with Crippen LogP contribution in [0, 0.1) is 0 Å². The number of likely N-dealkylation sites (N-methyl/N-ethyl adjacent to an activating group) is 1. The first-order valence-electron chi connectivity index (χ1n) is 7.96. The third-order valence-electron chi connectivity index (χ3n) is 4.05. The largest absolute Gasteiger partial charge is 0.378 e. The zero-order valence-corrected chi connectivity index (χ0v) is 16.4. The van der Waals surface area contributed by atoms with Crippen molar-refractivity contribution in [3.8, 4) is 0 Å². The number of nitrogens with one attached hydrogen (secondary N) is 1. The van der Waals surface area contributed by atoms with Gasteiger partial charge in [-0.1, -0.05) is 35.3 Å². The zero-order valence-electron chi connectivity index (χ0n) is 14.9. The van der Waals surface area contributed by atoms with Crippen molar-refractivity contribution in [2.24, 2.45) is 0 Å². The fourth-order valence-electron chi connectivity index (χ4n) is 2.55. The molecule has 0 fully saturated rings. The number of benzene rings is 2. The molecule has 0 aliphatic heterocycles. The second kappa shape index (κ2) is 8.56. The highest BCUT2D eigenvalue weighted by Crippen LogP contribution is 2.23. The van der Waals surface area contributed by atoms with Crippen LogP contribution in [0.25, 0.3) is 0 Å². The summed E-state index contributed by atoms with van der Waals surface area (Å²) < 4.78 is 0. The molecule has 0 radical (unpaired) electrons. The average molecular weight is 380 g/mol. The van der Waals surface area contributed by atoms with Crippen molar-refractivity contribution in [3.05, 3.63) is 63.6 Å². The molecule has 4 nitrogen and oxygen atoms in total. The molecule has 0 bridgehead atoms. The van der Waals surface area contributed by atoms with Crippen LogP contribution < -0.4 is 10.2 Å². The molecule has 1 N–H and O–H groups in total. The van der Waals surface area contributed by atoms with Gasteiger partial charge < -0.3 is 15.1 Å². The monoisotopic (exact) mass is 379 g/mol. The van der Waals surface area contributed by atoms with Gasteiger partial charge in [0.2, 0.25) is 0 Å². The molecule has 134 valence electrons. The summed E-state index contributed by atoms with van der Waals surface area (Å²) in [5, 5.41) is 3.82. The van der Waals surface area contributed by atoms with Crippen LogP contribution in [0.2, 0.25) is 10.0 Å². The predicted molar refractivity (Wildman–Crippen MR) is 106 cm³/mol. The topological polar surface area (TPSA) is 35.6 Å². The summed E-state index contributed by atoms with van der Waals surface area (Å²) in [4.78, 5) is 16.6. The minimum atomic E-state index is -0.232. The van der Waals surface area contributed by atoms with E-state index in [9.17, 15) is 4.79 Å². The third-order valence-corrected chi connectivity index (χ3v) is 4.61. The Kier molecular flexibility index (Phi) is 6.71. The molecule has 25 heavy (non-hydrogen) atoms. The number of anilines is 1. The number of amides is 1. The van der Waals surface area contributed by atoms with E-state index in [1.807, 2.05) is 28.2 Å². The van der Waals surface area contributed by atoms with Crippen LogP contribution in [-0.2, 0) is 0 Å². The lowest BCUT2D eigenvalue weighted by Crippen LogP contribution is -2.34. The number of rotatable bonds is 6. The molecular weight excluding hydrogens is 357 g/mol. The molecule has 0 spiro atoms. The molecule has 2 aromatic carbocycles. The second-order valence-corrected chi connectivity index (χ2v) is 7.14. The van der Waals surface area contributed by atoms with E-state index in [0.29, 0.717) is 22.2 Å². The van der Waals surface area contributed by atoms with Crippen LogP contribution in [0.3, 0.4) is 0 Å². The number of nitrogens with zero attached hydrogens (tertiary/aromatic N) is 2. The first-order chi connectivity index (χ1) is 11.8. The molecule has 2 aromatic rings. The normalized spacial score (nSPS) is 12.1. The summed E-state index contributed by atoms with van der Waals surface area (Å²) in [6.45, 7) is 0.468. The van der Waals surface area contributed by atoms with Crippen molar-refractivity contribution in [2.75, 3.05) is 39.6 Å². The summed E-state index contributed by atoms with van der Waals surface area (Å²) in [6.07, 6.45) is 0. The van der Waals surface area contributed by atoms with Crippen molar-refractivity contribution >= 4 is 34.8 Å². The highest BCUT2D eigenvalue weighted by atomic mass is 35.5. The Hall–Kier alpha value is -1.75. The Bertz CT molecular complexity index is 730. The molecule has 6 heteroatoms. The van der Waals surface area contributed by atoms with E-state index in [1.54, 1.807) is 18.2 Å². The van der Waals surface area contributed by atoms with Gasteiger partial charge in [-0.25, -0.2) is 0 Å². The van der Waals surface area contributed by atoms with Crippen molar-refractivity contribution in [2.45, 2.75) is 6.04 Å². The minimum absolute atomic E-state index is 0.0538. The van der Waals surface area contributed by atoms with Crippen LogP contribution >= 0.6 is 23.2 Å². The van der Waals surface area contributed by atoms with Crippen LogP contribution in [0.5, 0.6) is 0 Å². The summed E-state index contributed by atoms with van der Waals surface area (Å²) >= 11 is 12.1. The van der Waals surface area contributed by atoms with Crippen LogP contribution in [0.1, 0.15) is 22.0 Å². The Morgan fingerprint density at radius 1 is 1.04 bits per heavy atom. The van der Waals surface area contributed by atoms with Crippen molar-refractivity contribution in [1.82, 2.24) is 10.2 Å². The minimum Gasteiger partial charge on any atom is -0.378 e. The number of carbonyl (C=O) groups excluding carboxylic acids is 1. The molecule has 1 amide bonds. The lowest BCUT2D eigenvalue weighted by atomic mass is 10.0. The molecule has 0 saturated carbocycles. The Balaban J connectivity index is 2.11. The van der Waals surface area contributed by atoms with E-state index >= 15 is 0 Å². The molecule has 0 aliphatic rings. The molecule has 1 unspecified atom stereocenters. The van der Waals surface area contributed by atoms with Gasteiger partial charge in [0.05, 0.1) is 16.6 Å². The van der Waals surface area contributed by atoms with E-state index in [1.165, 1.54) is 0 Å². The quantitative estimate of drug-likeness (QED) is 0.820. The SMILES string of the molecule is CN(C)c1ccc(C(CNC(=O)c2cc(Cl)ccc2Cl)N(C)C)cc1. The summed E-state index contributed by atoms with van der Waals surface area (Å²) in [5.74, 6) is -0.232. The molecule has 0 saturated heterocycles. The van der Waals surface area contributed by atoms with Gasteiger partial charge in [0.25, 0.3) is 5.91 Å². The van der Waals surface area contributed by atoms with Gasteiger partial charge in [-0.15, -0.1) is 0 Å². The van der Waals surface area contributed by atoms with Crippen molar-refractivity contribution < 1.29 is 4.79 Å². The highest BCUT2D eigenvalue weighted by Gasteiger charge is 2.17. The van der Waals surface area contributed by atoms with Gasteiger partial charge in [-0.05, 0) is 50.0 Å². The maximum absolute atomic E-state index is 12.4. The number of carbonyl (C=O) groups is 1. The zero-order chi connectivity index (χ0) is 18.6. The van der Waals surface area contributed by atoms with Gasteiger partial charge >= 0.3 is 0 Å². The summed E-state index contributed by atoms with van der Waals surface area (Å²) in [7, 11) is 7.99. The lowest BCUT2D eigenvalue weighted by Gasteiger charge is -2.26. The molecular formula is C19H23Cl2N3O. The fraction of sp³-hybridized carbons (Fsp3) is 0.316. The van der Waals surface area contributed by atoms with E-state index in [-0.39, 0.29) is 11.9 Å². The predicted octanol–water partition coefficient (Wildman–Crippen LogP) is 4.09. The Morgan fingerprint density at radius 2 is 1.68 bits per heavy atom. The summed E-state index contributed by atoms with van der Waals surface area (Å²) in [5.41, 5.74) is 2.65. The van der Waals surface area contributed by atoms with E-state index in [0.717, 1.165) is 11.3 Å². The van der Waals surface area contributed by atoms with Gasteiger partial charge in [0, 0.05) is 31.4 Å². The lowest BCUT2D eigenvalue weighted by molar-refractivity contribution is 0.0942. The second-order valence-electron chi connectivity index (χ2n) is 6.30. The van der Waals surface area contributed by atoms with E-state index < -0.39 is 0 Å². The van der Waals surface area contributed by atoms with Crippen molar-refractivity contribution in [1.29, 1.82) is 0 Å². The van der Waals surface area contributed by atoms with E-state index in [2.05, 4.69) is 39.4 Å². The van der Waals surface area contributed by atoms with Crippen LogP contribution in [0.15, 0.2) is 42.5 Å². The maximum atomic E-state index is 12.4. The molecule has 2 rings (SSSR count). The van der Waals surface area contributed by atoms with E-state index in [4.69, 9.17) is 23.2 Å². The van der Waals surface area contributed by atoms with Gasteiger partial charge in [-0.2, -0.15) is 0 Å². The van der Waals surface area contributed by atoms with Gasteiger partial charge in [0.15, 0.2) is 0 Å². The maximum Gasteiger partial charge on any atom is 0.252 e. The first-order valence-corrected chi connectivity index (χ1v) is 8.72. The summed E-state index contributed by atoms with van der Waals surface area (Å²) in [6, 6.07) is 13.2. The third kappa shape index (κ3) is 5.11. The number of hydrogen-bond acceptors (Lipinski definition) is 3. The Labute approximate surface area is 159 Å². The average Bonchev–Trinajstić information content (AvgIpc) is 2.57. The number of hydrogen-bond donors (Lipinski definition) is 1. The Morgan fingerprint density at radius 3 is 2.24 bits per heavy atom. The van der Waals surface area contributed by atoms with Gasteiger partial charge in [-0.3, -0.25) is 4.79 Å². The molecule has 0 aromatic heterocycles. The highest BCUT2D eigenvalue weighted by molar-refractivity contribution is 6.35. The van der Waals surface area contributed by atoms with Crippen LogP contribution in [0.4, 0.5) is 5.69 Å². The van der Waals surface area contributed by atoms with Gasteiger partial charge in [0.1, 0.15) is 0 Å².